The molecule has 134 valence electrons. The molecule has 0 N–H and O–H groups in total. The van der Waals surface area contributed by atoms with Crippen molar-refractivity contribution in [1.29, 1.82) is 0 Å². The highest BCUT2D eigenvalue weighted by Gasteiger charge is 2.11. The zero-order chi connectivity index (χ0) is 18.6. The van der Waals surface area contributed by atoms with Crippen LogP contribution in [0.5, 0.6) is 0 Å². The summed E-state index contributed by atoms with van der Waals surface area (Å²) in [5.74, 6) is 0.430. The molecule has 0 spiro atoms. The predicted octanol–water partition coefficient (Wildman–Crippen LogP) is 6.45. The molecular weight excluding hydrogens is 284 g/mol. The largest absolute Gasteiger partial charge is 0.460 e. The Labute approximate surface area is 144 Å². The third-order valence-corrected chi connectivity index (χ3v) is 3.02. The van der Waals surface area contributed by atoms with Gasteiger partial charge >= 0.3 is 5.97 Å². The van der Waals surface area contributed by atoms with Gasteiger partial charge in [0.15, 0.2) is 0 Å². The van der Waals surface area contributed by atoms with Crippen LogP contribution in [0.25, 0.3) is 0 Å². The summed E-state index contributed by atoms with van der Waals surface area (Å²) in [7, 11) is 0. The first-order valence-corrected chi connectivity index (χ1v) is 8.86. The highest BCUT2D eigenvalue weighted by atomic mass is 16.6. The van der Waals surface area contributed by atoms with Gasteiger partial charge in [0.25, 0.3) is 0 Å². The first-order valence-electron chi connectivity index (χ1n) is 8.86. The van der Waals surface area contributed by atoms with Crippen molar-refractivity contribution in [3.8, 4) is 0 Å². The van der Waals surface area contributed by atoms with Gasteiger partial charge in [-0.3, -0.25) is 4.79 Å². The predicted molar refractivity (Wildman–Crippen MR) is 102 cm³/mol. The van der Waals surface area contributed by atoms with Gasteiger partial charge in [-0.05, 0) is 56.7 Å². The molecule has 1 aromatic carbocycles. The van der Waals surface area contributed by atoms with Gasteiger partial charge in [0.1, 0.15) is 5.60 Å². The summed E-state index contributed by atoms with van der Waals surface area (Å²) >= 11 is 0. The maximum Gasteiger partial charge on any atom is 0.303 e. The Balaban J connectivity index is 0. The lowest BCUT2D eigenvalue weighted by atomic mass is 9.91. The van der Waals surface area contributed by atoms with E-state index in [-0.39, 0.29) is 11.6 Å². The van der Waals surface area contributed by atoms with Crippen LogP contribution >= 0.6 is 0 Å². The van der Waals surface area contributed by atoms with Crippen LogP contribution in [0.2, 0.25) is 0 Å². The van der Waals surface area contributed by atoms with E-state index in [1.807, 2.05) is 34.6 Å². The minimum atomic E-state index is -0.328. The SMILES string of the molecule is CC.CC(=O)OC(C)(C)C.CCCc1c(C)cccc1C(C)C. The molecule has 0 atom stereocenters. The Morgan fingerprint density at radius 3 is 2.00 bits per heavy atom. The van der Waals surface area contributed by atoms with Crippen molar-refractivity contribution in [2.24, 2.45) is 0 Å². The first kappa shape index (κ1) is 23.9. The van der Waals surface area contributed by atoms with Gasteiger partial charge in [0, 0.05) is 6.92 Å². The van der Waals surface area contributed by atoms with Crippen molar-refractivity contribution in [2.45, 2.75) is 93.6 Å². The topological polar surface area (TPSA) is 26.3 Å². The number of carbonyl (C=O) groups excluding carboxylic acids is 1. The molecule has 2 heteroatoms. The molecule has 0 bridgehead atoms. The second-order valence-electron chi connectivity index (χ2n) is 6.75. The fraction of sp³-hybridized carbons (Fsp3) is 0.667. The van der Waals surface area contributed by atoms with E-state index < -0.39 is 0 Å². The Hall–Kier alpha value is -1.31. The first-order chi connectivity index (χ1) is 10.6. The van der Waals surface area contributed by atoms with Crippen molar-refractivity contribution in [2.75, 3.05) is 0 Å². The number of esters is 1. The van der Waals surface area contributed by atoms with Gasteiger partial charge in [0.2, 0.25) is 0 Å². The van der Waals surface area contributed by atoms with Crippen LogP contribution < -0.4 is 0 Å². The molecule has 0 fully saturated rings. The number of hydrogen-bond donors (Lipinski definition) is 0. The number of carbonyl (C=O) groups is 1. The summed E-state index contributed by atoms with van der Waals surface area (Å²) in [6, 6.07) is 6.66. The van der Waals surface area contributed by atoms with E-state index in [9.17, 15) is 4.79 Å². The number of aryl methyl sites for hydroxylation is 1. The maximum absolute atomic E-state index is 10.2. The summed E-state index contributed by atoms with van der Waals surface area (Å²) in [6.45, 7) is 19.9. The number of hydrogen-bond acceptors (Lipinski definition) is 2. The van der Waals surface area contributed by atoms with E-state index in [0.717, 1.165) is 0 Å². The van der Waals surface area contributed by atoms with Crippen molar-refractivity contribution in [3.63, 3.8) is 0 Å². The van der Waals surface area contributed by atoms with E-state index in [0.29, 0.717) is 5.92 Å². The van der Waals surface area contributed by atoms with Gasteiger partial charge in [-0.25, -0.2) is 0 Å². The zero-order valence-electron chi connectivity index (χ0n) is 17.0. The molecule has 0 aliphatic carbocycles. The molecule has 0 aliphatic heterocycles. The number of benzene rings is 1. The molecule has 1 rings (SSSR count). The monoisotopic (exact) mass is 322 g/mol. The van der Waals surface area contributed by atoms with E-state index >= 15 is 0 Å². The average molecular weight is 323 g/mol. The van der Waals surface area contributed by atoms with Crippen molar-refractivity contribution >= 4 is 5.97 Å². The van der Waals surface area contributed by atoms with Crippen LogP contribution in [0.4, 0.5) is 0 Å². The van der Waals surface area contributed by atoms with E-state index in [1.165, 1.54) is 30.9 Å². The van der Waals surface area contributed by atoms with Crippen molar-refractivity contribution < 1.29 is 9.53 Å². The zero-order valence-corrected chi connectivity index (χ0v) is 17.0. The molecule has 0 radical (unpaired) electrons. The van der Waals surface area contributed by atoms with Gasteiger partial charge in [-0.1, -0.05) is 59.2 Å². The molecule has 1 aromatic rings. The second-order valence-corrected chi connectivity index (χ2v) is 6.75. The average Bonchev–Trinajstić information content (AvgIpc) is 2.41. The summed E-state index contributed by atoms with van der Waals surface area (Å²) in [4.78, 5) is 10.2. The molecule has 0 saturated carbocycles. The van der Waals surface area contributed by atoms with E-state index in [4.69, 9.17) is 4.74 Å². The number of ether oxygens (including phenoxy) is 1. The molecule has 23 heavy (non-hydrogen) atoms. The quantitative estimate of drug-likeness (QED) is 0.598. The summed E-state index contributed by atoms with van der Waals surface area (Å²) in [5.41, 5.74) is 4.22. The second kappa shape index (κ2) is 12.2. The van der Waals surface area contributed by atoms with E-state index in [1.54, 1.807) is 5.56 Å². The highest BCUT2D eigenvalue weighted by Crippen LogP contribution is 2.23. The van der Waals surface area contributed by atoms with Gasteiger partial charge < -0.3 is 4.74 Å². The molecule has 0 aromatic heterocycles. The van der Waals surface area contributed by atoms with Crippen molar-refractivity contribution in [1.82, 2.24) is 0 Å². The van der Waals surface area contributed by atoms with Crippen LogP contribution in [0.1, 0.15) is 91.3 Å². The van der Waals surface area contributed by atoms with Gasteiger partial charge in [-0.15, -0.1) is 0 Å². The molecule has 0 aliphatic rings. The Kier molecular flexibility index (Phi) is 12.7. The minimum Gasteiger partial charge on any atom is -0.460 e. The summed E-state index contributed by atoms with van der Waals surface area (Å²) in [6.07, 6.45) is 2.46. The smallest absolute Gasteiger partial charge is 0.303 e. The summed E-state index contributed by atoms with van der Waals surface area (Å²) in [5, 5.41) is 0. The van der Waals surface area contributed by atoms with Gasteiger partial charge in [-0.2, -0.15) is 0 Å². The molecule has 0 unspecified atom stereocenters. The van der Waals surface area contributed by atoms with E-state index in [2.05, 4.69) is 45.9 Å². The lowest BCUT2D eigenvalue weighted by Crippen LogP contribution is -2.21. The standard InChI is InChI=1S/C13H20.C6H12O2.C2H6/c1-5-7-13-11(4)8-6-9-12(13)10(2)3;1-5(7)8-6(2,3)4;1-2/h6,8-10H,5,7H2,1-4H3;1-4H3;1-2H3. The van der Waals surface area contributed by atoms with Crippen LogP contribution in [0.15, 0.2) is 18.2 Å². The fourth-order valence-electron chi connectivity index (χ4n) is 2.29. The lowest BCUT2D eigenvalue weighted by Gasteiger charge is -2.17. The van der Waals surface area contributed by atoms with Crippen LogP contribution in [0, 0.1) is 6.92 Å². The molecule has 0 heterocycles. The Morgan fingerprint density at radius 2 is 1.70 bits per heavy atom. The molecule has 0 amide bonds. The number of rotatable bonds is 3. The molecular formula is C21H38O2. The lowest BCUT2D eigenvalue weighted by molar-refractivity contribution is -0.151. The Morgan fingerprint density at radius 1 is 1.17 bits per heavy atom. The molecule has 0 saturated heterocycles. The summed E-state index contributed by atoms with van der Waals surface area (Å²) < 4.78 is 4.80. The van der Waals surface area contributed by atoms with Crippen molar-refractivity contribution in [3.05, 3.63) is 34.9 Å². The third kappa shape index (κ3) is 11.9. The third-order valence-electron chi connectivity index (χ3n) is 3.02. The van der Waals surface area contributed by atoms with Crippen LogP contribution in [-0.2, 0) is 16.0 Å². The fourth-order valence-corrected chi connectivity index (χ4v) is 2.29. The van der Waals surface area contributed by atoms with Crippen LogP contribution in [-0.4, -0.2) is 11.6 Å². The Bertz CT molecular complexity index is 440. The van der Waals surface area contributed by atoms with Crippen LogP contribution in [0.3, 0.4) is 0 Å². The maximum atomic E-state index is 10.2. The minimum absolute atomic E-state index is 0.225. The van der Waals surface area contributed by atoms with Gasteiger partial charge in [0.05, 0.1) is 0 Å². The molecule has 2 nitrogen and oxygen atoms in total. The highest BCUT2D eigenvalue weighted by molar-refractivity contribution is 5.66. The normalized spacial score (nSPS) is 10.2.